The third-order valence-electron chi connectivity index (χ3n) is 3.23. The number of methoxy groups -OCH3 is 1. The topological polar surface area (TPSA) is 67.9 Å². The van der Waals surface area contributed by atoms with Gasteiger partial charge in [0.1, 0.15) is 17.4 Å². The predicted octanol–water partition coefficient (Wildman–Crippen LogP) is 4.16. The number of benzene rings is 1. The van der Waals surface area contributed by atoms with Crippen molar-refractivity contribution in [2.24, 2.45) is 0 Å². The molecule has 3 aromatic rings. The number of aromatic amines is 1. The molecule has 1 N–H and O–H groups in total. The van der Waals surface area contributed by atoms with E-state index in [-0.39, 0.29) is 17.1 Å². The van der Waals surface area contributed by atoms with Crippen LogP contribution in [0, 0.1) is 5.82 Å². The lowest BCUT2D eigenvalue weighted by Gasteiger charge is -2.06. The van der Waals surface area contributed by atoms with E-state index in [0.29, 0.717) is 16.7 Å². The van der Waals surface area contributed by atoms with Gasteiger partial charge in [-0.15, -0.1) is 16.4 Å². The number of aromatic nitrogens is 3. The average molecular weight is 375 g/mol. The summed E-state index contributed by atoms with van der Waals surface area (Å²) in [4.78, 5) is 17.7. The standard InChI is InChI=1S/C17H14FN3O2S2/c1-23-15-6-4-11(18)9-13(15)14(22)10-25-17-19-16(20-21-17)7-5-12-3-2-8-24-12/h2-9H,10H2,1H3,(H,19,20,21). The lowest BCUT2D eigenvalue weighted by atomic mass is 10.1. The Morgan fingerprint density at radius 2 is 2.28 bits per heavy atom. The largest absolute Gasteiger partial charge is 0.496 e. The normalized spacial score (nSPS) is 11.1. The van der Waals surface area contributed by atoms with E-state index in [0.717, 1.165) is 4.88 Å². The van der Waals surface area contributed by atoms with Crippen molar-refractivity contribution in [3.05, 3.63) is 57.8 Å². The highest BCUT2D eigenvalue weighted by atomic mass is 32.2. The highest BCUT2D eigenvalue weighted by Gasteiger charge is 2.15. The van der Waals surface area contributed by atoms with Gasteiger partial charge in [-0.25, -0.2) is 9.37 Å². The summed E-state index contributed by atoms with van der Waals surface area (Å²) >= 11 is 2.80. The summed E-state index contributed by atoms with van der Waals surface area (Å²) in [5.74, 6) is 0.314. The van der Waals surface area contributed by atoms with Crippen LogP contribution < -0.4 is 4.74 Å². The summed E-state index contributed by atoms with van der Waals surface area (Å²) in [7, 11) is 1.44. The summed E-state index contributed by atoms with van der Waals surface area (Å²) < 4.78 is 18.5. The van der Waals surface area contributed by atoms with Crippen LogP contribution in [0.1, 0.15) is 21.1 Å². The van der Waals surface area contributed by atoms with Crippen LogP contribution in [-0.2, 0) is 0 Å². The fraction of sp³-hybridized carbons (Fsp3) is 0.118. The Morgan fingerprint density at radius 1 is 1.40 bits per heavy atom. The first kappa shape index (κ1) is 17.4. The van der Waals surface area contributed by atoms with E-state index >= 15 is 0 Å². The first-order valence-electron chi connectivity index (χ1n) is 7.29. The first-order chi connectivity index (χ1) is 12.2. The van der Waals surface area contributed by atoms with Gasteiger partial charge in [-0.05, 0) is 41.8 Å². The number of thioether (sulfide) groups is 1. The third kappa shape index (κ3) is 4.55. The number of Topliss-reactive ketones (excluding diaryl/α,β-unsaturated/α-hetero) is 1. The van der Waals surface area contributed by atoms with Gasteiger partial charge in [-0.2, -0.15) is 0 Å². The van der Waals surface area contributed by atoms with Gasteiger partial charge in [0.2, 0.25) is 5.16 Å². The van der Waals surface area contributed by atoms with Gasteiger partial charge in [0.05, 0.1) is 18.4 Å². The average Bonchev–Trinajstić information content (AvgIpc) is 3.29. The molecule has 2 aromatic heterocycles. The Hall–Kier alpha value is -2.45. The Labute approximate surface area is 152 Å². The van der Waals surface area contributed by atoms with E-state index in [1.54, 1.807) is 11.3 Å². The maximum Gasteiger partial charge on any atom is 0.209 e. The molecule has 0 atom stereocenters. The van der Waals surface area contributed by atoms with Crippen LogP contribution in [-0.4, -0.2) is 33.8 Å². The van der Waals surface area contributed by atoms with Crippen LogP contribution in [0.5, 0.6) is 5.75 Å². The van der Waals surface area contributed by atoms with Crippen LogP contribution in [0.3, 0.4) is 0 Å². The number of hydrogen-bond acceptors (Lipinski definition) is 6. The number of halogens is 1. The molecule has 5 nitrogen and oxygen atoms in total. The van der Waals surface area contributed by atoms with E-state index in [1.165, 1.54) is 37.1 Å². The molecule has 2 heterocycles. The Kier molecular flexibility index (Phi) is 5.62. The number of nitrogens with zero attached hydrogens (tertiary/aromatic N) is 2. The van der Waals surface area contributed by atoms with Crippen LogP contribution >= 0.6 is 23.1 Å². The van der Waals surface area contributed by atoms with Gasteiger partial charge in [0.25, 0.3) is 0 Å². The molecule has 0 radical (unpaired) electrons. The number of ketones is 1. The van der Waals surface area contributed by atoms with Crippen LogP contribution in [0.4, 0.5) is 4.39 Å². The third-order valence-corrected chi connectivity index (χ3v) is 4.91. The molecule has 8 heteroatoms. The molecule has 0 saturated carbocycles. The van der Waals surface area contributed by atoms with Crippen LogP contribution in [0.15, 0.2) is 40.9 Å². The molecule has 128 valence electrons. The molecule has 1 aromatic carbocycles. The Balaban J connectivity index is 1.62. The molecule has 0 aliphatic rings. The summed E-state index contributed by atoms with van der Waals surface area (Å²) in [6, 6.07) is 7.84. The first-order valence-corrected chi connectivity index (χ1v) is 9.16. The van der Waals surface area contributed by atoms with E-state index in [4.69, 9.17) is 4.74 Å². The number of rotatable bonds is 7. The Morgan fingerprint density at radius 3 is 3.04 bits per heavy atom. The number of hydrogen-bond donors (Lipinski definition) is 1. The van der Waals surface area contributed by atoms with Crippen molar-refractivity contribution in [2.45, 2.75) is 5.16 Å². The summed E-state index contributed by atoms with van der Waals surface area (Å²) in [5.41, 5.74) is 0.211. The number of carbonyl (C=O) groups excluding carboxylic acids is 1. The van der Waals surface area contributed by atoms with Crippen molar-refractivity contribution in [3.8, 4) is 5.75 Å². The zero-order valence-corrected chi connectivity index (χ0v) is 14.9. The molecule has 0 saturated heterocycles. The van der Waals surface area contributed by atoms with Crippen molar-refractivity contribution in [1.82, 2.24) is 15.2 Å². The second kappa shape index (κ2) is 8.09. The van der Waals surface area contributed by atoms with Gasteiger partial charge >= 0.3 is 0 Å². The van der Waals surface area contributed by atoms with Crippen molar-refractivity contribution >= 4 is 41.0 Å². The summed E-state index contributed by atoms with van der Waals surface area (Å²) in [5, 5.41) is 9.31. The molecule has 0 aliphatic carbocycles. The predicted molar refractivity (Wildman–Crippen MR) is 97.6 cm³/mol. The van der Waals surface area contributed by atoms with Gasteiger partial charge in [-0.3, -0.25) is 9.89 Å². The minimum absolute atomic E-state index is 0.0890. The Bertz CT molecular complexity index is 891. The van der Waals surface area contributed by atoms with Crippen molar-refractivity contribution in [3.63, 3.8) is 0 Å². The van der Waals surface area contributed by atoms with E-state index in [9.17, 15) is 9.18 Å². The smallest absolute Gasteiger partial charge is 0.209 e. The molecule has 0 unspecified atom stereocenters. The second-order valence-corrected chi connectivity index (χ2v) is 6.83. The van der Waals surface area contributed by atoms with Crippen LogP contribution in [0.25, 0.3) is 12.2 Å². The van der Waals surface area contributed by atoms with Crippen molar-refractivity contribution < 1.29 is 13.9 Å². The van der Waals surface area contributed by atoms with Gasteiger partial charge in [-0.1, -0.05) is 17.8 Å². The van der Waals surface area contributed by atoms with Gasteiger partial charge in [0, 0.05) is 4.88 Å². The second-order valence-electron chi connectivity index (χ2n) is 4.91. The molecule has 0 amide bonds. The molecule has 0 bridgehead atoms. The molecule has 25 heavy (non-hydrogen) atoms. The molecule has 0 spiro atoms. The van der Waals surface area contributed by atoms with Crippen molar-refractivity contribution in [2.75, 3.05) is 12.9 Å². The molecule has 3 rings (SSSR count). The number of carbonyl (C=O) groups is 1. The van der Waals surface area contributed by atoms with Crippen LogP contribution in [0.2, 0.25) is 0 Å². The maximum atomic E-state index is 13.4. The quantitative estimate of drug-likeness (QED) is 0.496. The molecule has 0 fully saturated rings. The van der Waals surface area contributed by atoms with E-state index < -0.39 is 5.82 Å². The number of nitrogens with one attached hydrogen (secondary N) is 1. The minimum Gasteiger partial charge on any atom is -0.496 e. The van der Waals surface area contributed by atoms with E-state index in [1.807, 2.05) is 29.7 Å². The lowest BCUT2D eigenvalue weighted by molar-refractivity contribution is 0.101. The van der Waals surface area contributed by atoms with Crippen molar-refractivity contribution in [1.29, 1.82) is 0 Å². The number of H-pyrrole nitrogens is 1. The maximum absolute atomic E-state index is 13.4. The minimum atomic E-state index is -0.479. The van der Waals surface area contributed by atoms with E-state index in [2.05, 4.69) is 15.2 Å². The number of ether oxygens (including phenoxy) is 1. The monoisotopic (exact) mass is 375 g/mol. The SMILES string of the molecule is COc1ccc(F)cc1C(=O)CSc1n[nH]c(C=Cc2cccs2)n1. The highest BCUT2D eigenvalue weighted by Crippen LogP contribution is 2.23. The fourth-order valence-electron chi connectivity index (χ4n) is 2.05. The fourth-order valence-corrected chi connectivity index (χ4v) is 3.36. The zero-order valence-electron chi connectivity index (χ0n) is 13.2. The van der Waals surface area contributed by atoms with Gasteiger partial charge in [0.15, 0.2) is 5.78 Å². The zero-order chi connectivity index (χ0) is 17.6. The number of thiophene rings is 1. The summed E-state index contributed by atoms with van der Waals surface area (Å²) in [6.45, 7) is 0. The highest BCUT2D eigenvalue weighted by molar-refractivity contribution is 7.99. The van der Waals surface area contributed by atoms with Gasteiger partial charge < -0.3 is 4.74 Å². The molecular weight excluding hydrogens is 361 g/mol. The molecular formula is C17H14FN3O2S2. The summed E-state index contributed by atoms with van der Waals surface area (Å²) in [6.07, 6.45) is 3.75. The molecule has 0 aliphatic heterocycles. The lowest BCUT2D eigenvalue weighted by Crippen LogP contribution is -2.05.